The van der Waals surface area contributed by atoms with Crippen LogP contribution in [0.2, 0.25) is 0 Å². The Bertz CT molecular complexity index is 700. The van der Waals surface area contributed by atoms with E-state index in [4.69, 9.17) is 9.84 Å². The lowest BCUT2D eigenvalue weighted by molar-refractivity contribution is -0.118. The Balaban J connectivity index is 1.68. The van der Waals surface area contributed by atoms with Crippen LogP contribution in [0.15, 0.2) is 54.6 Å². The zero-order valence-electron chi connectivity index (χ0n) is 12.3. The number of benzene rings is 2. The van der Waals surface area contributed by atoms with Crippen LogP contribution in [-0.2, 0) is 4.79 Å². The van der Waals surface area contributed by atoms with Crippen molar-refractivity contribution in [1.82, 2.24) is 5.32 Å². The van der Waals surface area contributed by atoms with Crippen LogP contribution in [0.25, 0.3) is 0 Å². The SMILES string of the molecule is O=C(O)N[C@H]1CCN(c2ccc(Oc3ccccc3)cc2)C1=O. The van der Waals surface area contributed by atoms with Crippen LogP contribution in [0.4, 0.5) is 10.5 Å². The average Bonchev–Trinajstić information content (AvgIpc) is 2.90. The molecule has 118 valence electrons. The predicted molar refractivity (Wildman–Crippen MR) is 84.9 cm³/mol. The molecule has 0 aliphatic carbocycles. The molecule has 0 aromatic heterocycles. The molecule has 23 heavy (non-hydrogen) atoms. The first-order valence-electron chi connectivity index (χ1n) is 7.27. The first-order chi connectivity index (χ1) is 11.1. The topological polar surface area (TPSA) is 78.9 Å². The molecule has 2 aromatic rings. The minimum Gasteiger partial charge on any atom is -0.465 e. The number of carboxylic acid groups (broad SMARTS) is 1. The Morgan fingerprint density at radius 1 is 1.09 bits per heavy atom. The summed E-state index contributed by atoms with van der Waals surface area (Å²) in [5.41, 5.74) is 0.727. The molecule has 2 N–H and O–H groups in total. The summed E-state index contributed by atoms with van der Waals surface area (Å²) in [6.45, 7) is 0.489. The Labute approximate surface area is 133 Å². The number of para-hydroxylation sites is 1. The summed E-state index contributed by atoms with van der Waals surface area (Å²) in [5.74, 6) is 1.18. The van der Waals surface area contributed by atoms with E-state index in [0.29, 0.717) is 18.7 Å². The van der Waals surface area contributed by atoms with E-state index in [1.807, 2.05) is 30.3 Å². The van der Waals surface area contributed by atoms with Crippen LogP contribution < -0.4 is 15.0 Å². The van der Waals surface area contributed by atoms with Crippen molar-refractivity contribution in [2.45, 2.75) is 12.5 Å². The number of rotatable bonds is 4. The van der Waals surface area contributed by atoms with E-state index in [1.165, 1.54) is 0 Å². The summed E-state index contributed by atoms with van der Waals surface area (Å²) in [6, 6.07) is 15.9. The van der Waals surface area contributed by atoms with Gasteiger partial charge in [-0.1, -0.05) is 18.2 Å². The van der Waals surface area contributed by atoms with E-state index in [0.717, 1.165) is 11.4 Å². The molecule has 1 fully saturated rings. The second-order valence-electron chi connectivity index (χ2n) is 5.19. The van der Waals surface area contributed by atoms with Gasteiger partial charge in [-0.05, 0) is 42.8 Å². The minimum atomic E-state index is -1.18. The van der Waals surface area contributed by atoms with Gasteiger partial charge in [0.1, 0.15) is 17.5 Å². The van der Waals surface area contributed by atoms with Gasteiger partial charge in [-0.3, -0.25) is 4.79 Å². The number of anilines is 1. The van der Waals surface area contributed by atoms with Gasteiger partial charge in [-0.15, -0.1) is 0 Å². The van der Waals surface area contributed by atoms with Crippen LogP contribution in [-0.4, -0.2) is 29.7 Å². The number of carbonyl (C=O) groups is 2. The number of hydrogen-bond donors (Lipinski definition) is 2. The molecule has 1 heterocycles. The van der Waals surface area contributed by atoms with Gasteiger partial charge >= 0.3 is 6.09 Å². The molecule has 0 radical (unpaired) electrons. The highest BCUT2D eigenvalue weighted by atomic mass is 16.5. The lowest BCUT2D eigenvalue weighted by Crippen LogP contribution is -2.40. The van der Waals surface area contributed by atoms with Gasteiger partial charge in [-0.25, -0.2) is 4.79 Å². The van der Waals surface area contributed by atoms with Crippen molar-refractivity contribution < 1.29 is 19.4 Å². The molecule has 0 spiro atoms. The summed E-state index contributed by atoms with van der Waals surface area (Å²) in [4.78, 5) is 24.4. The van der Waals surface area contributed by atoms with E-state index in [-0.39, 0.29) is 5.91 Å². The maximum atomic E-state index is 12.2. The molecule has 3 rings (SSSR count). The van der Waals surface area contributed by atoms with Crippen molar-refractivity contribution in [2.24, 2.45) is 0 Å². The molecule has 0 saturated carbocycles. The molecular weight excluding hydrogens is 296 g/mol. The predicted octanol–water partition coefficient (Wildman–Crippen LogP) is 2.85. The third kappa shape index (κ3) is 3.42. The molecule has 2 aromatic carbocycles. The van der Waals surface area contributed by atoms with E-state index in [9.17, 15) is 9.59 Å². The van der Waals surface area contributed by atoms with Gasteiger partial charge in [0.05, 0.1) is 0 Å². The van der Waals surface area contributed by atoms with Gasteiger partial charge in [0.25, 0.3) is 0 Å². The summed E-state index contributed by atoms with van der Waals surface area (Å²) in [5, 5.41) is 11.0. The number of hydrogen-bond acceptors (Lipinski definition) is 3. The Hall–Kier alpha value is -3.02. The van der Waals surface area contributed by atoms with E-state index < -0.39 is 12.1 Å². The molecule has 1 aliphatic rings. The summed E-state index contributed by atoms with van der Waals surface area (Å²) < 4.78 is 5.70. The Kier molecular flexibility index (Phi) is 4.14. The maximum Gasteiger partial charge on any atom is 0.405 e. The molecular formula is C17H16N2O4. The average molecular weight is 312 g/mol. The van der Waals surface area contributed by atoms with Gasteiger partial charge in [0.2, 0.25) is 5.91 Å². The maximum absolute atomic E-state index is 12.2. The third-order valence-corrected chi connectivity index (χ3v) is 3.63. The van der Waals surface area contributed by atoms with Crippen molar-refractivity contribution >= 4 is 17.7 Å². The van der Waals surface area contributed by atoms with Crippen LogP contribution >= 0.6 is 0 Å². The zero-order chi connectivity index (χ0) is 16.2. The Morgan fingerprint density at radius 3 is 2.39 bits per heavy atom. The number of ether oxygens (including phenoxy) is 1. The van der Waals surface area contributed by atoms with Gasteiger partial charge in [0.15, 0.2) is 0 Å². The van der Waals surface area contributed by atoms with E-state index >= 15 is 0 Å². The molecule has 1 aliphatic heterocycles. The summed E-state index contributed by atoms with van der Waals surface area (Å²) in [6.07, 6.45) is -0.718. The molecule has 1 saturated heterocycles. The van der Waals surface area contributed by atoms with Gasteiger partial charge in [0, 0.05) is 12.2 Å². The first kappa shape index (κ1) is 14.9. The lowest BCUT2D eigenvalue weighted by atomic mass is 10.2. The van der Waals surface area contributed by atoms with Crippen LogP contribution in [0.1, 0.15) is 6.42 Å². The molecule has 0 unspecified atom stereocenters. The number of nitrogens with zero attached hydrogens (tertiary/aromatic N) is 1. The second-order valence-corrected chi connectivity index (χ2v) is 5.19. The van der Waals surface area contributed by atoms with Crippen molar-refractivity contribution in [2.75, 3.05) is 11.4 Å². The van der Waals surface area contributed by atoms with Crippen molar-refractivity contribution in [3.05, 3.63) is 54.6 Å². The second kappa shape index (κ2) is 6.39. The number of amides is 2. The van der Waals surface area contributed by atoms with E-state index in [2.05, 4.69) is 5.32 Å². The fraction of sp³-hybridized carbons (Fsp3) is 0.176. The number of nitrogens with one attached hydrogen (secondary N) is 1. The largest absolute Gasteiger partial charge is 0.465 e. The van der Waals surface area contributed by atoms with Crippen LogP contribution in [0.3, 0.4) is 0 Å². The quantitative estimate of drug-likeness (QED) is 0.910. The van der Waals surface area contributed by atoms with Crippen LogP contribution in [0, 0.1) is 0 Å². The standard InChI is InChI=1S/C17H16N2O4/c20-16-15(18-17(21)22)10-11-19(16)12-6-8-14(9-7-12)23-13-4-2-1-3-5-13/h1-9,15,18H,10-11H2,(H,21,22)/t15-/m0/s1. The van der Waals surface area contributed by atoms with E-state index in [1.54, 1.807) is 29.2 Å². The van der Waals surface area contributed by atoms with Gasteiger partial charge in [-0.2, -0.15) is 0 Å². The summed E-state index contributed by atoms with van der Waals surface area (Å²) >= 11 is 0. The van der Waals surface area contributed by atoms with Gasteiger partial charge < -0.3 is 20.1 Å². The molecule has 6 heteroatoms. The Morgan fingerprint density at radius 2 is 1.74 bits per heavy atom. The van der Waals surface area contributed by atoms with Crippen LogP contribution in [0.5, 0.6) is 11.5 Å². The smallest absolute Gasteiger partial charge is 0.405 e. The lowest BCUT2D eigenvalue weighted by Gasteiger charge is -2.17. The van der Waals surface area contributed by atoms with Crippen molar-refractivity contribution in [3.63, 3.8) is 0 Å². The summed E-state index contributed by atoms with van der Waals surface area (Å²) in [7, 11) is 0. The highest BCUT2D eigenvalue weighted by Crippen LogP contribution is 2.26. The van der Waals surface area contributed by atoms with Crippen molar-refractivity contribution in [1.29, 1.82) is 0 Å². The fourth-order valence-electron chi connectivity index (χ4n) is 2.54. The molecule has 0 bridgehead atoms. The normalized spacial score (nSPS) is 17.1. The molecule has 2 amide bonds. The molecule has 1 atom stereocenters. The highest BCUT2D eigenvalue weighted by molar-refractivity contribution is 6.00. The monoisotopic (exact) mass is 312 g/mol. The first-order valence-corrected chi connectivity index (χ1v) is 7.27. The fourth-order valence-corrected chi connectivity index (χ4v) is 2.54. The number of carbonyl (C=O) groups excluding carboxylic acids is 1. The highest BCUT2D eigenvalue weighted by Gasteiger charge is 2.33. The minimum absolute atomic E-state index is 0.232. The zero-order valence-corrected chi connectivity index (χ0v) is 12.3. The molecule has 6 nitrogen and oxygen atoms in total. The third-order valence-electron chi connectivity index (χ3n) is 3.63. The van der Waals surface area contributed by atoms with Crippen molar-refractivity contribution in [3.8, 4) is 11.5 Å².